The summed E-state index contributed by atoms with van der Waals surface area (Å²) in [7, 11) is 0. The van der Waals surface area contributed by atoms with Crippen molar-refractivity contribution >= 4 is 69.7 Å². The zero-order valence-corrected chi connectivity index (χ0v) is 14.6. The van der Waals surface area contributed by atoms with Crippen molar-refractivity contribution in [2.24, 2.45) is 20.0 Å². The minimum absolute atomic E-state index is 0.0504. The topological polar surface area (TPSA) is 92.0 Å². The molecule has 8 nitrogen and oxygen atoms in total. The van der Waals surface area contributed by atoms with Crippen LogP contribution in [0.15, 0.2) is 44.2 Å². The molecule has 0 fully saturated rings. The molecule has 1 aromatic rings. The van der Waals surface area contributed by atoms with Gasteiger partial charge in [0.1, 0.15) is 11.5 Å². The zero-order chi connectivity index (χ0) is 17.2. The first-order valence-electron chi connectivity index (χ1n) is 6.33. The van der Waals surface area contributed by atoms with Gasteiger partial charge in [-0.1, -0.05) is 6.07 Å². The van der Waals surface area contributed by atoms with Crippen LogP contribution >= 0.6 is 46.4 Å². The van der Waals surface area contributed by atoms with Crippen LogP contribution in [0, 0.1) is 0 Å². The fraction of sp³-hybridized carbons (Fsp3) is 0.167. The normalized spacial score (nSPS) is 28.3. The average Bonchev–Trinajstić information content (AvgIpc) is 2.45. The molecule has 0 aliphatic carbocycles. The van der Waals surface area contributed by atoms with Crippen LogP contribution in [0.1, 0.15) is 0 Å². The first-order chi connectivity index (χ1) is 11.4. The van der Waals surface area contributed by atoms with Crippen molar-refractivity contribution in [1.82, 2.24) is 10.6 Å². The number of ether oxygens (including phenoxy) is 2. The van der Waals surface area contributed by atoms with E-state index in [9.17, 15) is 0 Å². The zero-order valence-electron chi connectivity index (χ0n) is 11.6. The Morgan fingerprint density at radius 1 is 0.833 bits per heavy atom. The maximum Gasteiger partial charge on any atom is 0.367 e. The first kappa shape index (κ1) is 17.1. The van der Waals surface area contributed by atoms with Crippen molar-refractivity contribution in [3.8, 4) is 11.5 Å². The number of aliphatic imine (C=N–C) groups is 4. The molecule has 0 saturated heterocycles. The molecule has 1 aromatic carbocycles. The summed E-state index contributed by atoms with van der Waals surface area (Å²) >= 11 is 23.8. The number of hydrogen-bond acceptors (Lipinski definition) is 8. The Labute approximate surface area is 156 Å². The molecule has 0 aromatic heterocycles. The van der Waals surface area contributed by atoms with Crippen LogP contribution in [-0.2, 0) is 0 Å². The van der Waals surface area contributed by atoms with E-state index in [1.165, 1.54) is 18.7 Å². The SMILES string of the molecule is ClC1=NC(Cl)(Oc2cccc(OC3(Cl)N=C(Cl)N=CN3)c2)NC=N1. The number of amidine groups is 2. The molecular formula is C12H8Cl4N6O2. The fourth-order valence-corrected chi connectivity index (χ4v) is 2.57. The minimum atomic E-state index is -1.62. The molecule has 0 amide bonds. The minimum Gasteiger partial charge on any atom is -0.436 e. The Morgan fingerprint density at radius 3 is 1.71 bits per heavy atom. The highest BCUT2D eigenvalue weighted by Gasteiger charge is 2.33. The van der Waals surface area contributed by atoms with Crippen LogP contribution < -0.4 is 20.1 Å². The van der Waals surface area contributed by atoms with Gasteiger partial charge in [-0.3, -0.25) is 0 Å². The molecule has 2 heterocycles. The molecule has 2 aliphatic rings. The van der Waals surface area contributed by atoms with Gasteiger partial charge in [0.25, 0.3) is 0 Å². The van der Waals surface area contributed by atoms with Crippen LogP contribution in [0.3, 0.4) is 0 Å². The highest BCUT2D eigenvalue weighted by atomic mass is 35.5. The van der Waals surface area contributed by atoms with Gasteiger partial charge >= 0.3 is 10.6 Å². The number of hydrogen-bond donors (Lipinski definition) is 2. The molecule has 3 rings (SSSR count). The van der Waals surface area contributed by atoms with E-state index in [1.807, 2.05) is 0 Å². The van der Waals surface area contributed by atoms with E-state index in [0.29, 0.717) is 11.5 Å². The first-order valence-corrected chi connectivity index (χ1v) is 7.84. The molecule has 2 atom stereocenters. The molecule has 126 valence electrons. The molecule has 12 heteroatoms. The standard InChI is InChI=1S/C12H8Cl4N6O2/c13-9-17-5-19-11(15,21-9)23-7-2-1-3-8(4-7)24-12(16)20-6-18-10(14)22-12/h1-6H,(H,17,19,21)(H,18,20,22). The van der Waals surface area contributed by atoms with Gasteiger partial charge in [0, 0.05) is 6.07 Å². The summed E-state index contributed by atoms with van der Waals surface area (Å²) in [6.07, 6.45) is 2.55. The molecule has 2 N–H and O–H groups in total. The summed E-state index contributed by atoms with van der Waals surface area (Å²) in [5.41, 5.74) is 0. The maximum absolute atomic E-state index is 6.16. The lowest BCUT2D eigenvalue weighted by Crippen LogP contribution is -2.45. The van der Waals surface area contributed by atoms with Crippen molar-refractivity contribution in [2.45, 2.75) is 10.6 Å². The summed E-state index contributed by atoms with van der Waals surface area (Å²) in [5.74, 6) is 0.664. The van der Waals surface area contributed by atoms with E-state index in [1.54, 1.807) is 18.2 Å². The summed E-state index contributed by atoms with van der Waals surface area (Å²) < 4.78 is 11.1. The Bertz CT molecular complexity index is 710. The fourth-order valence-electron chi connectivity index (χ4n) is 1.71. The van der Waals surface area contributed by atoms with E-state index < -0.39 is 10.6 Å². The second-order valence-electron chi connectivity index (χ2n) is 4.37. The van der Waals surface area contributed by atoms with E-state index >= 15 is 0 Å². The summed E-state index contributed by atoms with van der Waals surface area (Å²) in [6.45, 7) is 0. The van der Waals surface area contributed by atoms with Crippen molar-refractivity contribution < 1.29 is 9.47 Å². The van der Waals surface area contributed by atoms with Crippen LogP contribution in [0.4, 0.5) is 0 Å². The van der Waals surface area contributed by atoms with Crippen molar-refractivity contribution in [3.63, 3.8) is 0 Å². The van der Waals surface area contributed by atoms with Gasteiger partial charge in [0.05, 0.1) is 12.7 Å². The van der Waals surface area contributed by atoms with Crippen molar-refractivity contribution in [2.75, 3.05) is 0 Å². The molecule has 0 radical (unpaired) electrons. The summed E-state index contributed by atoms with van der Waals surface area (Å²) in [4.78, 5) is 15.1. The highest BCUT2D eigenvalue weighted by molar-refractivity contribution is 6.66. The number of benzene rings is 1. The van der Waals surface area contributed by atoms with E-state index in [-0.39, 0.29) is 10.6 Å². The van der Waals surface area contributed by atoms with Crippen LogP contribution in [0.2, 0.25) is 0 Å². The van der Waals surface area contributed by atoms with Gasteiger partial charge in [-0.25, -0.2) is 9.98 Å². The Kier molecular flexibility index (Phi) is 4.73. The third-order valence-electron chi connectivity index (χ3n) is 2.61. The lowest BCUT2D eigenvalue weighted by Gasteiger charge is -2.27. The quantitative estimate of drug-likeness (QED) is 0.590. The number of nitrogens with one attached hydrogen (secondary N) is 2. The molecule has 0 saturated carbocycles. The average molecular weight is 410 g/mol. The lowest BCUT2D eigenvalue weighted by atomic mass is 10.3. The maximum atomic E-state index is 6.16. The van der Waals surface area contributed by atoms with Crippen molar-refractivity contribution in [3.05, 3.63) is 24.3 Å². The van der Waals surface area contributed by atoms with Crippen LogP contribution in [0.25, 0.3) is 0 Å². The van der Waals surface area contributed by atoms with Gasteiger partial charge < -0.3 is 20.1 Å². The third-order valence-corrected chi connectivity index (χ3v) is 3.52. The summed E-state index contributed by atoms with van der Waals surface area (Å²) in [6, 6.07) is 6.47. The number of halogens is 4. The second-order valence-corrected chi connectivity index (χ2v) is 6.07. The van der Waals surface area contributed by atoms with E-state index in [4.69, 9.17) is 55.9 Å². The number of alkyl halides is 2. The van der Waals surface area contributed by atoms with Gasteiger partial charge in [-0.05, 0) is 58.5 Å². The predicted octanol–water partition coefficient (Wildman–Crippen LogP) is 2.60. The van der Waals surface area contributed by atoms with Gasteiger partial charge in [-0.15, -0.1) is 0 Å². The second kappa shape index (κ2) is 6.64. The van der Waals surface area contributed by atoms with E-state index in [0.717, 1.165) is 0 Å². The Hall–Kier alpha value is -1.74. The number of rotatable bonds is 4. The summed E-state index contributed by atoms with van der Waals surface area (Å²) in [5, 5.41) is 1.93. The molecule has 24 heavy (non-hydrogen) atoms. The van der Waals surface area contributed by atoms with Gasteiger partial charge in [0.15, 0.2) is 0 Å². The molecular weight excluding hydrogens is 402 g/mol. The van der Waals surface area contributed by atoms with Crippen LogP contribution in [0.5, 0.6) is 11.5 Å². The third kappa shape index (κ3) is 4.21. The van der Waals surface area contributed by atoms with Crippen LogP contribution in [-0.4, -0.2) is 33.9 Å². The Morgan fingerprint density at radius 2 is 1.29 bits per heavy atom. The number of nitrogens with zero attached hydrogens (tertiary/aromatic N) is 4. The van der Waals surface area contributed by atoms with E-state index in [2.05, 4.69) is 30.6 Å². The largest absolute Gasteiger partial charge is 0.436 e. The monoisotopic (exact) mass is 408 g/mol. The molecule has 0 bridgehead atoms. The predicted molar refractivity (Wildman–Crippen MR) is 94.7 cm³/mol. The Balaban J connectivity index is 1.75. The molecule has 2 unspecified atom stereocenters. The molecule has 2 aliphatic heterocycles. The highest BCUT2D eigenvalue weighted by Crippen LogP contribution is 2.29. The van der Waals surface area contributed by atoms with Crippen molar-refractivity contribution in [1.29, 1.82) is 0 Å². The molecule has 0 spiro atoms. The van der Waals surface area contributed by atoms with Gasteiger partial charge in [0.2, 0.25) is 10.6 Å². The smallest absolute Gasteiger partial charge is 0.367 e. The lowest BCUT2D eigenvalue weighted by molar-refractivity contribution is 0.142. The van der Waals surface area contributed by atoms with Gasteiger partial charge in [-0.2, -0.15) is 9.98 Å².